The van der Waals surface area contributed by atoms with Crippen LogP contribution in [0.2, 0.25) is 0 Å². The number of halogens is 1. The summed E-state index contributed by atoms with van der Waals surface area (Å²) in [5.74, 6) is 1.57. The van der Waals surface area contributed by atoms with Crippen LogP contribution in [0.3, 0.4) is 0 Å². The molecular weight excluding hydrogens is 253 g/mol. The van der Waals surface area contributed by atoms with E-state index in [4.69, 9.17) is 4.74 Å². The van der Waals surface area contributed by atoms with E-state index in [0.29, 0.717) is 17.7 Å². The molecule has 3 heteroatoms. The van der Waals surface area contributed by atoms with Gasteiger partial charge in [0, 0.05) is 6.04 Å². The predicted octanol–water partition coefficient (Wildman–Crippen LogP) is 3.79. The van der Waals surface area contributed by atoms with E-state index in [-0.39, 0.29) is 5.82 Å². The van der Waals surface area contributed by atoms with Crippen molar-refractivity contribution in [1.82, 2.24) is 5.32 Å². The number of methoxy groups -OCH3 is 1. The maximum absolute atomic E-state index is 14.3. The molecule has 0 aliphatic heterocycles. The fraction of sp³-hybridized carbons (Fsp3) is 0.647. The number of nitrogens with one attached hydrogen (secondary N) is 1. The van der Waals surface area contributed by atoms with Crippen LogP contribution >= 0.6 is 0 Å². The van der Waals surface area contributed by atoms with Crippen LogP contribution in [-0.2, 0) is 6.42 Å². The van der Waals surface area contributed by atoms with E-state index in [2.05, 4.69) is 12.2 Å². The Bertz CT molecular complexity index is 435. The fourth-order valence-electron chi connectivity index (χ4n) is 3.46. The lowest BCUT2D eigenvalue weighted by Crippen LogP contribution is -2.38. The van der Waals surface area contributed by atoms with E-state index in [1.807, 2.05) is 19.2 Å². The molecular formula is C17H26FNO. The smallest absolute Gasteiger partial charge is 0.168 e. The van der Waals surface area contributed by atoms with Crippen LogP contribution in [0.5, 0.6) is 5.75 Å². The third kappa shape index (κ3) is 3.51. The normalized spacial score (nSPS) is 24.4. The first-order valence-corrected chi connectivity index (χ1v) is 7.64. The molecule has 20 heavy (non-hydrogen) atoms. The second-order valence-corrected chi connectivity index (χ2v) is 6.06. The molecule has 2 nitrogen and oxygen atoms in total. The molecule has 0 bridgehead atoms. The zero-order valence-electron chi connectivity index (χ0n) is 12.8. The Morgan fingerprint density at radius 3 is 2.85 bits per heavy atom. The van der Waals surface area contributed by atoms with Crippen LogP contribution in [0, 0.1) is 17.7 Å². The van der Waals surface area contributed by atoms with E-state index in [9.17, 15) is 4.39 Å². The average Bonchev–Trinajstić information content (AvgIpc) is 2.46. The van der Waals surface area contributed by atoms with Crippen LogP contribution < -0.4 is 10.1 Å². The van der Waals surface area contributed by atoms with Gasteiger partial charge in [0.25, 0.3) is 0 Å². The zero-order chi connectivity index (χ0) is 14.5. The van der Waals surface area contributed by atoms with Gasteiger partial charge in [-0.05, 0) is 49.8 Å². The third-order valence-electron chi connectivity index (χ3n) is 4.62. The summed E-state index contributed by atoms with van der Waals surface area (Å²) in [6, 6.07) is 5.76. The van der Waals surface area contributed by atoms with Gasteiger partial charge in [0.05, 0.1) is 7.11 Å². The predicted molar refractivity (Wildman–Crippen MR) is 80.6 cm³/mol. The minimum absolute atomic E-state index is 0.209. The highest BCUT2D eigenvalue weighted by molar-refractivity contribution is 5.31. The number of hydrogen-bond donors (Lipinski definition) is 1. The van der Waals surface area contributed by atoms with Gasteiger partial charge in [0.2, 0.25) is 0 Å². The summed E-state index contributed by atoms with van der Waals surface area (Å²) < 4.78 is 19.3. The van der Waals surface area contributed by atoms with Gasteiger partial charge >= 0.3 is 0 Å². The molecule has 1 aromatic rings. The summed E-state index contributed by atoms with van der Waals surface area (Å²) in [7, 11) is 3.50. The molecule has 0 amide bonds. The summed E-state index contributed by atoms with van der Waals surface area (Å²) in [6.45, 7) is 2.32. The molecule has 1 N–H and O–H groups in total. The molecule has 0 aromatic heterocycles. The van der Waals surface area contributed by atoms with Crippen LogP contribution in [0.15, 0.2) is 18.2 Å². The van der Waals surface area contributed by atoms with Gasteiger partial charge in [0.15, 0.2) is 11.6 Å². The van der Waals surface area contributed by atoms with Crippen LogP contribution in [0.25, 0.3) is 0 Å². The number of hydrogen-bond acceptors (Lipinski definition) is 2. The first kappa shape index (κ1) is 15.3. The highest BCUT2D eigenvalue weighted by atomic mass is 19.1. The Morgan fingerprint density at radius 1 is 1.40 bits per heavy atom. The first-order chi connectivity index (χ1) is 9.65. The van der Waals surface area contributed by atoms with Crippen molar-refractivity contribution < 1.29 is 9.13 Å². The highest BCUT2D eigenvalue weighted by Crippen LogP contribution is 2.32. The molecule has 1 aromatic carbocycles. The molecule has 112 valence electrons. The van der Waals surface area contributed by atoms with Gasteiger partial charge in [-0.3, -0.25) is 0 Å². The van der Waals surface area contributed by atoms with Crippen molar-refractivity contribution in [2.24, 2.45) is 11.8 Å². The van der Waals surface area contributed by atoms with E-state index in [1.54, 1.807) is 6.07 Å². The van der Waals surface area contributed by atoms with Crippen LogP contribution in [0.1, 0.15) is 38.2 Å². The van der Waals surface area contributed by atoms with E-state index in [0.717, 1.165) is 17.9 Å². The number of ether oxygens (including phenoxy) is 1. The van der Waals surface area contributed by atoms with Gasteiger partial charge in [-0.15, -0.1) is 0 Å². The molecule has 1 aliphatic carbocycles. The minimum Gasteiger partial charge on any atom is -0.494 e. The van der Waals surface area contributed by atoms with Crippen molar-refractivity contribution in [2.75, 3.05) is 14.2 Å². The first-order valence-electron chi connectivity index (χ1n) is 7.64. The molecule has 1 saturated carbocycles. The summed E-state index contributed by atoms with van der Waals surface area (Å²) in [6.07, 6.45) is 5.86. The molecule has 0 heterocycles. The van der Waals surface area contributed by atoms with Crippen molar-refractivity contribution >= 4 is 0 Å². The van der Waals surface area contributed by atoms with E-state index < -0.39 is 0 Å². The van der Waals surface area contributed by atoms with Gasteiger partial charge in [-0.25, -0.2) is 4.39 Å². The lowest BCUT2D eigenvalue weighted by Gasteiger charge is -2.33. The van der Waals surface area contributed by atoms with E-state index in [1.165, 1.54) is 32.8 Å². The lowest BCUT2D eigenvalue weighted by molar-refractivity contribution is 0.226. The third-order valence-corrected chi connectivity index (χ3v) is 4.62. The van der Waals surface area contributed by atoms with Crippen LogP contribution in [-0.4, -0.2) is 20.2 Å². The summed E-state index contributed by atoms with van der Waals surface area (Å²) in [5.41, 5.74) is 0.752. The van der Waals surface area contributed by atoms with E-state index >= 15 is 0 Å². The fourth-order valence-corrected chi connectivity index (χ4v) is 3.46. The molecule has 0 saturated heterocycles. The number of likely N-dealkylation sites (N-methyl/N-ethyl adjacent to an activating group) is 1. The maximum atomic E-state index is 14.3. The Morgan fingerprint density at radius 2 is 2.20 bits per heavy atom. The monoisotopic (exact) mass is 279 g/mol. The summed E-state index contributed by atoms with van der Waals surface area (Å²) in [4.78, 5) is 0. The second-order valence-electron chi connectivity index (χ2n) is 6.06. The molecule has 1 aliphatic rings. The molecule has 1 fully saturated rings. The largest absolute Gasteiger partial charge is 0.494 e. The quantitative estimate of drug-likeness (QED) is 0.885. The standard InChI is InChI=1S/C17H26FNO/c1-12-6-4-7-13(10-12)15(19-2)11-14-8-5-9-16(20-3)17(14)18/h5,8-9,12-13,15,19H,4,6-7,10-11H2,1-3H3. The van der Waals surface area contributed by atoms with Gasteiger partial charge in [0.1, 0.15) is 0 Å². The second kappa shape index (κ2) is 7.07. The topological polar surface area (TPSA) is 21.3 Å². The summed E-state index contributed by atoms with van der Waals surface area (Å²) >= 11 is 0. The number of benzene rings is 1. The van der Waals surface area contributed by atoms with Crippen molar-refractivity contribution in [3.63, 3.8) is 0 Å². The van der Waals surface area contributed by atoms with Crippen molar-refractivity contribution in [3.8, 4) is 5.75 Å². The SMILES string of the molecule is CNC(Cc1cccc(OC)c1F)C1CCCC(C)C1. The highest BCUT2D eigenvalue weighted by Gasteiger charge is 2.26. The molecule has 2 rings (SSSR count). The molecule has 3 atom stereocenters. The van der Waals surface area contributed by atoms with Crippen molar-refractivity contribution in [1.29, 1.82) is 0 Å². The zero-order valence-corrected chi connectivity index (χ0v) is 12.8. The van der Waals surface area contributed by atoms with Gasteiger partial charge < -0.3 is 10.1 Å². The van der Waals surface area contributed by atoms with Crippen molar-refractivity contribution in [3.05, 3.63) is 29.6 Å². The number of rotatable bonds is 5. The van der Waals surface area contributed by atoms with Crippen LogP contribution in [0.4, 0.5) is 4.39 Å². The maximum Gasteiger partial charge on any atom is 0.168 e. The minimum atomic E-state index is -0.209. The Labute approximate surface area is 121 Å². The Balaban J connectivity index is 2.10. The Hall–Kier alpha value is -1.09. The Kier molecular flexibility index (Phi) is 5.41. The average molecular weight is 279 g/mol. The lowest BCUT2D eigenvalue weighted by atomic mass is 9.77. The molecule has 3 unspecified atom stereocenters. The van der Waals surface area contributed by atoms with Gasteiger partial charge in [-0.2, -0.15) is 0 Å². The van der Waals surface area contributed by atoms with Gasteiger partial charge in [-0.1, -0.05) is 31.9 Å². The van der Waals surface area contributed by atoms with Crippen molar-refractivity contribution in [2.45, 2.75) is 45.1 Å². The molecule has 0 spiro atoms. The molecule has 0 radical (unpaired) electrons. The summed E-state index contributed by atoms with van der Waals surface area (Å²) in [5, 5.41) is 3.40.